The van der Waals surface area contributed by atoms with Crippen molar-refractivity contribution in [2.45, 2.75) is 50.4 Å². The van der Waals surface area contributed by atoms with Gasteiger partial charge in [-0.15, -0.1) is 0 Å². The Morgan fingerprint density at radius 3 is 1.94 bits per heavy atom. The first-order valence-corrected chi connectivity index (χ1v) is 11.4. The van der Waals surface area contributed by atoms with Gasteiger partial charge >= 0.3 is 5.97 Å². The average Bonchev–Trinajstić information content (AvgIpc) is 2.84. The van der Waals surface area contributed by atoms with Gasteiger partial charge in [-0.1, -0.05) is 54.6 Å². The predicted octanol–water partition coefficient (Wildman–Crippen LogP) is 5.76. The summed E-state index contributed by atoms with van der Waals surface area (Å²) in [6, 6.07) is 26.2. The first kappa shape index (κ1) is 22.9. The molecule has 3 aromatic carbocycles. The zero-order chi connectivity index (χ0) is 23.0. The lowest BCUT2D eigenvalue weighted by Gasteiger charge is -2.30. The number of hydrogen-bond acceptors (Lipinski definition) is 4. The summed E-state index contributed by atoms with van der Waals surface area (Å²) in [7, 11) is 1.41. The molecule has 172 valence electrons. The maximum Gasteiger partial charge on any atom is 0.333 e. The van der Waals surface area contributed by atoms with Crippen molar-refractivity contribution in [3.05, 3.63) is 84.4 Å². The monoisotopic (exact) mass is 446 g/mol. The molecule has 4 rings (SSSR count). The van der Waals surface area contributed by atoms with Crippen molar-refractivity contribution >= 4 is 5.97 Å². The Kier molecular flexibility index (Phi) is 7.63. The van der Waals surface area contributed by atoms with Gasteiger partial charge < -0.3 is 19.3 Å². The van der Waals surface area contributed by atoms with E-state index >= 15 is 0 Å². The quantitative estimate of drug-likeness (QED) is 0.452. The van der Waals surface area contributed by atoms with E-state index in [9.17, 15) is 4.79 Å². The fourth-order valence-corrected chi connectivity index (χ4v) is 4.25. The number of carboxylic acid groups (broad SMARTS) is 1. The largest absolute Gasteiger partial charge is 0.490 e. The zero-order valence-electron chi connectivity index (χ0n) is 18.9. The van der Waals surface area contributed by atoms with Crippen molar-refractivity contribution in [3.8, 4) is 22.6 Å². The minimum absolute atomic E-state index is 0.101. The van der Waals surface area contributed by atoms with Crippen LogP contribution in [0.2, 0.25) is 0 Å². The third-order valence-corrected chi connectivity index (χ3v) is 6.05. The van der Waals surface area contributed by atoms with Gasteiger partial charge in [-0.05, 0) is 60.2 Å². The lowest BCUT2D eigenvalue weighted by molar-refractivity contribution is -0.148. The minimum atomic E-state index is -0.958. The SMILES string of the molecule is CO[C@@H](Cc1ccc(O[C@H]2CCC[C@H](Oc3ccc(-c4ccccc4)cc3)C2)cc1)C(=O)O. The minimum Gasteiger partial charge on any atom is -0.490 e. The van der Waals surface area contributed by atoms with Gasteiger partial charge in [0.1, 0.15) is 23.7 Å². The third-order valence-electron chi connectivity index (χ3n) is 6.05. The van der Waals surface area contributed by atoms with E-state index in [1.54, 1.807) is 0 Å². The molecule has 0 radical (unpaired) electrons. The molecule has 1 N–H and O–H groups in total. The first-order chi connectivity index (χ1) is 16.1. The van der Waals surface area contributed by atoms with Crippen LogP contribution in [0.4, 0.5) is 0 Å². The second kappa shape index (κ2) is 11.0. The zero-order valence-corrected chi connectivity index (χ0v) is 18.9. The molecule has 5 heteroatoms. The van der Waals surface area contributed by atoms with E-state index < -0.39 is 12.1 Å². The van der Waals surface area contributed by atoms with Gasteiger partial charge in [-0.3, -0.25) is 0 Å². The molecule has 0 heterocycles. The van der Waals surface area contributed by atoms with Crippen LogP contribution in [0.3, 0.4) is 0 Å². The highest BCUT2D eigenvalue weighted by Crippen LogP contribution is 2.29. The molecule has 0 unspecified atom stereocenters. The smallest absolute Gasteiger partial charge is 0.333 e. The van der Waals surface area contributed by atoms with Crippen LogP contribution in [-0.2, 0) is 16.0 Å². The van der Waals surface area contributed by atoms with E-state index in [0.29, 0.717) is 6.42 Å². The van der Waals surface area contributed by atoms with Gasteiger partial charge in [0.15, 0.2) is 6.10 Å². The van der Waals surface area contributed by atoms with Crippen LogP contribution in [0.25, 0.3) is 11.1 Å². The molecule has 0 aromatic heterocycles. The van der Waals surface area contributed by atoms with Crippen LogP contribution in [0.5, 0.6) is 11.5 Å². The van der Waals surface area contributed by atoms with Gasteiger partial charge in [-0.25, -0.2) is 4.79 Å². The average molecular weight is 447 g/mol. The van der Waals surface area contributed by atoms with Crippen molar-refractivity contribution in [3.63, 3.8) is 0 Å². The van der Waals surface area contributed by atoms with Crippen molar-refractivity contribution in [1.29, 1.82) is 0 Å². The number of hydrogen-bond donors (Lipinski definition) is 1. The molecule has 1 saturated carbocycles. The van der Waals surface area contributed by atoms with E-state index in [-0.39, 0.29) is 12.2 Å². The maximum absolute atomic E-state index is 11.1. The summed E-state index contributed by atoms with van der Waals surface area (Å²) in [6.45, 7) is 0. The van der Waals surface area contributed by atoms with E-state index in [4.69, 9.17) is 19.3 Å². The van der Waals surface area contributed by atoms with Crippen LogP contribution in [0, 0.1) is 0 Å². The van der Waals surface area contributed by atoms with Crippen LogP contribution < -0.4 is 9.47 Å². The highest BCUT2D eigenvalue weighted by molar-refractivity contribution is 5.72. The summed E-state index contributed by atoms with van der Waals surface area (Å²) in [5.74, 6) is 0.720. The predicted molar refractivity (Wildman–Crippen MR) is 128 cm³/mol. The Labute approximate surface area is 194 Å². The van der Waals surface area contributed by atoms with Gasteiger partial charge in [0, 0.05) is 20.0 Å². The van der Waals surface area contributed by atoms with E-state index in [2.05, 4.69) is 24.3 Å². The van der Waals surface area contributed by atoms with E-state index in [1.165, 1.54) is 18.2 Å². The van der Waals surface area contributed by atoms with Crippen LogP contribution >= 0.6 is 0 Å². The van der Waals surface area contributed by atoms with Gasteiger partial charge in [0.2, 0.25) is 0 Å². The molecule has 1 fully saturated rings. The Morgan fingerprint density at radius 1 is 0.848 bits per heavy atom. The molecule has 0 bridgehead atoms. The number of benzene rings is 3. The van der Waals surface area contributed by atoms with Gasteiger partial charge in [0.05, 0.1) is 0 Å². The fourth-order valence-electron chi connectivity index (χ4n) is 4.25. The lowest BCUT2D eigenvalue weighted by Crippen LogP contribution is -2.32. The Bertz CT molecular complexity index is 1010. The van der Waals surface area contributed by atoms with Crippen LogP contribution in [0.15, 0.2) is 78.9 Å². The molecule has 0 saturated heterocycles. The molecule has 5 nitrogen and oxygen atoms in total. The molecule has 0 aliphatic heterocycles. The molecular formula is C28H30O5. The summed E-state index contributed by atoms with van der Waals surface area (Å²) in [5.41, 5.74) is 3.28. The third kappa shape index (κ3) is 6.36. The summed E-state index contributed by atoms with van der Waals surface area (Å²) < 4.78 is 17.5. The standard InChI is InChI=1S/C28H30O5/c1-31-27(28(29)30)18-20-10-14-23(15-11-20)32-25-8-5-9-26(19-25)33-24-16-12-22(13-17-24)21-6-3-2-4-7-21/h2-4,6-7,10-17,25-27H,5,8-9,18-19H2,1H3,(H,29,30)/t25-,26-,27-/m0/s1. The second-order valence-electron chi connectivity index (χ2n) is 8.45. The van der Waals surface area contributed by atoms with Gasteiger partial charge in [0.25, 0.3) is 0 Å². The summed E-state index contributed by atoms with van der Waals surface area (Å²) in [4.78, 5) is 11.1. The Morgan fingerprint density at radius 2 is 1.39 bits per heavy atom. The summed E-state index contributed by atoms with van der Waals surface area (Å²) in [6.07, 6.45) is 3.64. The molecule has 33 heavy (non-hydrogen) atoms. The number of carboxylic acids is 1. The topological polar surface area (TPSA) is 65.0 Å². The molecule has 3 atom stereocenters. The second-order valence-corrected chi connectivity index (χ2v) is 8.45. The molecule has 0 amide bonds. The van der Waals surface area contributed by atoms with Crippen molar-refractivity contribution in [1.82, 2.24) is 0 Å². The summed E-state index contributed by atoms with van der Waals surface area (Å²) >= 11 is 0. The van der Waals surface area contributed by atoms with E-state index in [0.717, 1.165) is 42.7 Å². The van der Waals surface area contributed by atoms with Crippen LogP contribution in [0.1, 0.15) is 31.2 Å². The number of ether oxygens (including phenoxy) is 3. The molecule has 3 aromatic rings. The number of carbonyl (C=O) groups is 1. The van der Waals surface area contributed by atoms with E-state index in [1.807, 2.05) is 54.6 Å². The Hall–Kier alpha value is -3.31. The molecule has 1 aliphatic rings. The van der Waals surface area contributed by atoms with Crippen molar-refractivity contribution < 1.29 is 24.1 Å². The summed E-state index contributed by atoms with van der Waals surface area (Å²) in [5, 5.41) is 9.14. The number of aliphatic carboxylic acids is 1. The highest BCUT2D eigenvalue weighted by atomic mass is 16.5. The normalized spacial score (nSPS) is 18.9. The highest BCUT2D eigenvalue weighted by Gasteiger charge is 2.25. The molecular weight excluding hydrogens is 416 g/mol. The lowest BCUT2D eigenvalue weighted by atomic mass is 9.94. The number of rotatable bonds is 9. The van der Waals surface area contributed by atoms with Gasteiger partial charge in [-0.2, -0.15) is 0 Å². The maximum atomic E-state index is 11.1. The van der Waals surface area contributed by atoms with Crippen molar-refractivity contribution in [2.24, 2.45) is 0 Å². The van der Waals surface area contributed by atoms with Crippen LogP contribution in [-0.4, -0.2) is 36.5 Å². The number of methoxy groups -OCH3 is 1. The molecule has 0 spiro atoms. The first-order valence-electron chi connectivity index (χ1n) is 11.4. The fraction of sp³-hybridized carbons (Fsp3) is 0.321. The Balaban J connectivity index is 1.30. The van der Waals surface area contributed by atoms with Crippen molar-refractivity contribution in [2.75, 3.05) is 7.11 Å². The molecule has 1 aliphatic carbocycles.